The number of anilines is 2. The molecule has 1 N–H and O–H groups in total. The third-order valence-electron chi connectivity index (χ3n) is 5.48. The van der Waals surface area contributed by atoms with Crippen LogP contribution in [-0.4, -0.2) is 37.0 Å². The van der Waals surface area contributed by atoms with Crippen LogP contribution in [0.4, 0.5) is 20.2 Å². The van der Waals surface area contributed by atoms with Gasteiger partial charge in [-0.3, -0.25) is 9.69 Å². The molecular formula is C25H25F2N3O. The number of nitrogens with zero attached hydrogens (tertiary/aromatic N) is 2. The molecule has 4 rings (SSSR count). The number of carbonyl (C=O) groups excluding carboxylic acids is 1. The summed E-state index contributed by atoms with van der Waals surface area (Å²) in [7, 11) is 0. The highest BCUT2D eigenvalue weighted by molar-refractivity contribution is 6.04. The molecule has 0 spiro atoms. The highest BCUT2D eigenvalue weighted by Crippen LogP contribution is 2.21. The number of rotatable bonds is 5. The Bertz CT molecular complexity index is 1020. The topological polar surface area (TPSA) is 35.6 Å². The maximum atomic E-state index is 13.4. The van der Waals surface area contributed by atoms with Crippen LogP contribution in [0.5, 0.6) is 0 Å². The molecule has 31 heavy (non-hydrogen) atoms. The Morgan fingerprint density at radius 2 is 1.61 bits per heavy atom. The third kappa shape index (κ3) is 5.67. The predicted molar refractivity (Wildman–Crippen MR) is 119 cm³/mol. The lowest BCUT2D eigenvalue weighted by Gasteiger charge is -2.24. The van der Waals surface area contributed by atoms with Gasteiger partial charge >= 0.3 is 0 Å². The average molecular weight is 421 g/mol. The van der Waals surface area contributed by atoms with E-state index < -0.39 is 0 Å². The molecule has 0 atom stereocenters. The van der Waals surface area contributed by atoms with Gasteiger partial charge in [0.25, 0.3) is 5.91 Å². The Kier molecular flexibility index (Phi) is 6.57. The van der Waals surface area contributed by atoms with Crippen LogP contribution < -0.4 is 10.2 Å². The smallest absolute Gasteiger partial charge is 0.255 e. The first-order valence-corrected chi connectivity index (χ1v) is 10.5. The molecule has 0 bridgehead atoms. The fraction of sp³-hybridized carbons (Fsp3) is 0.240. The summed E-state index contributed by atoms with van der Waals surface area (Å²) in [6.07, 6.45) is 1.03. The lowest BCUT2D eigenvalue weighted by molar-refractivity contribution is 0.102. The molecule has 4 nitrogen and oxygen atoms in total. The number of hydrogen-bond acceptors (Lipinski definition) is 3. The van der Waals surface area contributed by atoms with Crippen LogP contribution in [-0.2, 0) is 6.54 Å². The summed E-state index contributed by atoms with van der Waals surface area (Å²) in [5.41, 5.74) is 3.21. The van der Waals surface area contributed by atoms with Gasteiger partial charge in [0.05, 0.1) is 0 Å². The number of halogens is 2. The second kappa shape index (κ2) is 9.71. The zero-order valence-corrected chi connectivity index (χ0v) is 17.2. The van der Waals surface area contributed by atoms with Crippen LogP contribution in [0.15, 0.2) is 72.8 Å². The molecule has 1 aliphatic heterocycles. The molecular weight excluding hydrogens is 396 g/mol. The van der Waals surface area contributed by atoms with E-state index in [9.17, 15) is 13.6 Å². The standard InChI is InChI=1S/C25H25F2N3O/c26-21-7-5-20(6-8-21)25(31)28-23-9-11-24(12-10-23)30-14-2-13-29(15-16-30)18-19-3-1-4-22(27)17-19/h1,3-12,17H,2,13-16,18H2,(H,28,31). The van der Waals surface area contributed by atoms with E-state index in [1.807, 2.05) is 30.3 Å². The van der Waals surface area contributed by atoms with Gasteiger partial charge in [-0.2, -0.15) is 0 Å². The quantitative estimate of drug-likeness (QED) is 0.635. The Morgan fingerprint density at radius 3 is 2.35 bits per heavy atom. The minimum Gasteiger partial charge on any atom is -0.370 e. The number of carbonyl (C=O) groups is 1. The predicted octanol–water partition coefficient (Wildman–Crippen LogP) is 4.93. The van der Waals surface area contributed by atoms with Crippen molar-refractivity contribution in [3.05, 3.63) is 95.6 Å². The van der Waals surface area contributed by atoms with Crippen LogP contribution in [0, 0.1) is 11.6 Å². The molecule has 1 saturated heterocycles. The van der Waals surface area contributed by atoms with Gasteiger partial charge in [-0.05, 0) is 72.6 Å². The molecule has 1 amide bonds. The van der Waals surface area contributed by atoms with Crippen molar-refractivity contribution in [2.45, 2.75) is 13.0 Å². The SMILES string of the molecule is O=C(Nc1ccc(N2CCCN(Cc3cccc(F)c3)CC2)cc1)c1ccc(F)cc1. The minimum absolute atomic E-state index is 0.194. The number of amides is 1. The molecule has 160 valence electrons. The lowest BCUT2D eigenvalue weighted by atomic mass is 10.2. The Morgan fingerprint density at radius 1 is 0.839 bits per heavy atom. The van der Waals surface area contributed by atoms with Crippen LogP contribution in [0.2, 0.25) is 0 Å². The molecule has 0 aliphatic carbocycles. The first-order valence-electron chi connectivity index (χ1n) is 10.5. The van der Waals surface area contributed by atoms with Crippen molar-refractivity contribution in [2.24, 2.45) is 0 Å². The van der Waals surface area contributed by atoms with Gasteiger partial charge in [0.2, 0.25) is 0 Å². The van der Waals surface area contributed by atoms with Crippen LogP contribution in [0.25, 0.3) is 0 Å². The zero-order chi connectivity index (χ0) is 21.6. The molecule has 6 heteroatoms. The molecule has 1 aliphatic rings. The zero-order valence-electron chi connectivity index (χ0n) is 17.2. The Labute approximate surface area is 181 Å². The van der Waals surface area contributed by atoms with Crippen molar-refractivity contribution in [3.8, 4) is 0 Å². The van der Waals surface area contributed by atoms with Gasteiger partial charge < -0.3 is 10.2 Å². The highest BCUT2D eigenvalue weighted by atomic mass is 19.1. The maximum Gasteiger partial charge on any atom is 0.255 e. The largest absolute Gasteiger partial charge is 0.370 e. The first-order chi connectivity index (χ1) is 15.1. The molecule has 3 aromatic rings. The Balaban J connectivity index is 1.33. The summed E-state index contributed by atoms with van der Waals surface area (Å²) in [5, 5.41) is 2.84. The molecule has 0 radical (unpaired) electrons. The monoisotopic (exact) mass is 421 g/mol. The number of hydrogen-bond donors (Lipinski definition) is 1. The molecule has 1 fully saturated rings. The molecule has 0 aromatic heterocycles. The summed E-state index contributed by atoms with van der Waals surface area (Å²) < 4.78 is 26.5. The summed E-state index contributed by atoms with van der Waals surface area (Å²) in [4.78, 5) is 17.0. The van der Waals surface area contributed by atoms with E-state index in [4.69, 9.17) is 0 Å². The van der Waals surface area contributed by atoms with E-state index in [1.165, 1.54) is 30.3 Å². The normalized spacial score (nSPS) is 14.8. The van der Waals surface area contributed by atoms with E-state index in [0.717, 1.165) is 50.4 Å². The van der Waals surface area contributed by atoms with Gasteiger partial charge in [0.1, 0.15) is 11.6 Å². The second-order valence-electron chi connectivity index (χ2n) is 7.75. The maximum absolute atomic E-state index is 13.4. The van der Waals surface area contributed by atoms with Gasteiger partial charge in [0, 0.05) is 49.7 Å². The second-order valence-corrected chi connectivity index (χ2v) is 7.75. The average Bonchev–Trinajstić information content (AvgIpc) is 3.00. The van der Waals surface area contributed by atoms with Crippen LogP contribution >= 0.6 is 0 Å². The van der Waals surface area contributed by atoms with E-state index in [-0.39, 0.29) is 17.5 Å². The van der Waals surface area contributed by atoms with E-state index >= 15 is 0 Å². The summed E-state index contributed by atoms with van der Waals surface area (Å²) in [6, 6.07) is 20.0. The van der Waals surface area contributed by atoms with Gasteiger partial charge in [-0.15, -0.1) is 0 Å². The van der Waals surface area contributed by atoms with Gasteiger partial charge in [-0.25, -0.2) is 8.78 Å². The van der Waals surface area contributed by atoms with Gasteiger partial charge in [-0.1, -0.05) is 12.1 Å². The van der Waals surface area contributed by atoms with Crippen molar-refractivity contribution in [1.82, 2.24) is 4.90 Å². The van der Waals surface area contributed by atoms with Crippen LogP contribution in [0.3, 0.4) is 0 Å². The van der Waals surface area contributed by atoms with Crippen LogP contribution in [0.1, 0.15) is 22.3 Å². The summed E-state index contributed by atoms with van der Waals surface area (Å²) >= 11 is 0. The van der Waals surface area contributed by atoms with E-state index in [1.54, 1.807) is 12.1 Å². The molecule has 1 heterocycles. The first kappa shape index (κ1) is 21.0. The van der Waals surface area contributed by atoms with Crippen molar-refractivity contribution in [1.29, 1.82) is 0 Å². The molecule has 0 unspecified atom stereocenters. The Hall–Kier alpha value is -3.25. The van der Waals surface area contributed by atoms with Crippen molar-refractivity contribution >= 4 is 17.3 Å². The van der Waals surface area contributed by atoms with Crippen molar-refractivity contribution < 1.29 is 13.6 Å². The molecule has 0 saturated carbocycles. The molecule has 3 aromatic carbocycles. The lowest BCUT2D eigenvalue weighted by Crippen LogP contribution is -2.30. The number of nitrogens with one attached hydrogen (secondary N) is 1. The fourth-order valence-electron chi connectivity index (χ4n) is 3.84. The van der Waals surface area contributed by atoms with Gasteiger partial charge in [0.15, 0.2) is 0 Å². The highest BCUT2D eigenvalue weighted by Gasteiger charge is 2.16. The fourth-order valence-corrected chi connectivity index (χ4v) is 3.84. The third-order valence-corrected chi connectivity index (χ3v) is 5.48. The van der Waals surface area contributed by atoms with E-state index in [2.05, 4.69) is 15.1 Å². The number of benzene rings is 3. The van der Waals surface area contributed by atoms with Crippen molar-refractivity contribution in [2.75, 3.05) is 36.4 Å². The minimum atomic E-state index is -0.368. The summed E-state index contributed by atoms with van der Waals surface area (Å²) in [6.45, 7) is 4.45. The van der Waals surface area contributed by atoms with E-state index in [0.29, 0.717) is 11.3 Å². The van der Waals surface area contributed by atoms with Crippen molar-refractivity contribution in [3.63, 3.8) is 0 Å². The summed E-state index contributed by atoms with van der Waals surface area (Å²) in [5.74, 6) is -0.830.